The van der Waals surface area contributed by atoms with Gasteiger partial charge in [0.15, 0.2) is 6.54 Å². The fourth-order valence-electron chi connectivity index (χ4n) is 3.69. The van der Waals surface area contributed by atoms with Crippen molar-refractivity contribution >= 4 is 28.2 Å². The van der Waals surface area contributed by atoms with E-state index in [9.17, 15) is 9.59 Å². The van der Waals surface area contributed by atoms with Crippen molar-refractivity contribution in [2.24, 2.45) is 0 Å². The van der Waals surface area contributed by atoms with Crippen LogP contribution in [0.25, 0.3) is 0 Å². The zero-order chi connectivity index (χ0) is 18.7. The van der Waals surface area contributed by atoms with E-state index < -0.39 is 0 Å². The van der Waals surface area contributed by atoms with Crippen LogP contribution in [0.1, 0.15) is 60.8 Å². The van der Waals surface area contributed by atoms with Crippen molar-refractivity contribution in [1.82, 2.24) is 0 Å². The minimum Gasteiger partial charge on any atom is -0.462 e. The molecule has 1 fully saturated rings. The zero-order valence-electron chi connectivity index (χ0n) is 15.9. The number of hydrogen-bond acceptors (Lipinski definition) is 5. The molecule has 6 nitrogen and oxygen atoms in total. The first kappa shape index (κ1) is 19.3. The van der Waals surface area contributed by atoms with Crippen molar-refractivity contribution in [1.29, 1.82) is 0 Å². The maximum Gasteiger partial charge on any atom is 0.341 e. The molecule has 0 atom stereocenters. The van der Waals surface area contributed by atoms with E-state index in [0.29, 0.717) is 36.7 Å². The number of piperidine rings is 1. The fourth-order valence-corrected chi connectivity index (χ4v) is 4.82. The van der Waals surface area contributed by atoms with Crippen LogP contribution in [0.5, 0.6) is 0 Å². The lowest BCUT2D eigenvalue weighted by Gasteiger charge is -2.30. The molecule has 2 aliphatic rings. The second-order valence-corrected chi connectivity index (χ2v) is 8.79. The highest BCUT2D eigenvalue weighted by molar-refractivity contribution is 7.17. The molecule has 0 aliphatic carbocycles. The molecule has 0 unspecified atom stereocenters. The Morgan fingerprint density at radius 3 is 2.69 bits per heavy atom. The number of likely N-dealkylation sites (tertiary alicyclic amines) is 1. The van der Waals surface area contributed by atoms with Gasteiger partial charge >= 0.3 is 5.97 Å². The second-order valence-electron chi connectivity index (χ2n) is 7.69. The Labute approximate surface area is 158 Å². The van der Waals surface area contributed by atoms with Crippen LogP contribution in [0.15, 0.2) is 0 Å². The van der Waals surface area contributed by atoms with Gasteiger partial charge in [0.1, 0.15) is 5.00 Å². The molecule has 3 heterocycles. The summed E-state index contributed by atoms with van der Waals surface area (Å²) >= 11 is 1.44. The summed E-state index contributed by atoms with van der Waals surface area (Å²) in [7, 11) is 0. The van der Waals surface area contributed by atoms with Gasteiger partial charge in [-0.3, -0.25) is 4.79 Å². The van der Waals surface area contributed by atoms with E-state index in [1.807, 2.05) is 13.8 Å². The van der Waals surface area contributed by atoms with Gasteiger partial charge in [0.2, 0.25) is 0 Å². The smallest absolute Gasteiger partial charge is 0.341 e. The molecule has 3 rings (SSSR count). The van der Waals surface area contributed by atoms with Gasteiger partial charge in [-0.1, -0.05) is 0 Å². The largest absolute Gasteiger partial charge is 0.462 e. The van der Waals surface area contributed by atoms with E-state index >= 15 is 0 Å². The summed E-state index contributed by atoms with van der Waals surface area (Å²) in [6.45, 7) is 9.14. The Morgan fingerprint density at radius 2 is 2.00 bits per heavy atom. The number of rotatable bonds is 5. The fraction of sp³-hybridized carbons (Fsp3) is 0.684. The summed E-state index contributed by atoms with van der Waals surface area (Å²) in [5.74, 6) is -0.394. The highest BCUT2D eigenvalue weighted by Gasteiger charge is 2.34. The molecular formula is C19H29N2O4S+. The van der Waals surface area contributed by atoms with Gasteiger partial charge in [0, 0.05) is 11.3 Å². The van der Waals surface area contributed by atoms with Crippen LogP contribution in [-0.2, 0) is 27.3 Å². The van der Waals surface area contributed by atoms with E-state index in [-0.39, 0.29) is 17.5 Å². The SMILES string of the molecule is CCOC(=O)c1c(NC(=O)C[NH+]2CCCCC2)sc2c1CC(C)(C)OC2. The molecule has 1 saturated heterocycles. The molecule has 1 aromatic heterocycles. The molecule has 0 saturated carbocycles. The van der Waals surface area contributed by atoms with Crippen LogP contribution in [0.3, 0.4) is 0 Å². The van der Waals surface area contributed by atoms with Crippen molar-refractivity contribution in [2.75, 3.05) is 31.6 Å². The summed E-state index contributed by atoms with van der Waals surface area (Å²) in [4.78, 5) is 27.4. The van der Waals surface area contributed by atoms with Crippen LogP contribution >= 0.6 is 11.3 Å². The Bertz CT molecular complexity index is 677. The van der Waals surface area contributed by atoms with Gasteiger partial charge in [-0.2, -0.15) is 0 Å². The van der Waals surface area contributed by atoms with Gasteiger partial charge in [0.05, 0.1) is 37.5 Å². The highest BCUT2D eigenvalue weighted by atomic mass is 32.1. The van der Waals surface area contributed by atoms with Gasteiger partial charge in [-0.15, -0.1) is 11.3 Å². The first-order valence-corrected chi connectivity index (χ1v) is 10.3. The Balaban J connectivity index is 1.80. The average molecular weight is 382 g/mol. The monoisotopic (exact) mass is 381 g/mol. The lowest BCUT2D eigenvalue weighted by atomic mass is 9.93. The van der Waals surface area contributed by atoms with Crippen molar-refractivity contribution in [3.63, 3.8) is 0 Å². The molecule has 1 aromatic rings. The van der Waals surface area contributed by atoms with Crippen molar-refractivity contribution in [3.05, 3.63) is 16.0 Å². The van der Waals surface area contributed by atoms with Crippen LogP contribution in [-0.4, -0.2) is 43.7 Å². The Kier molecular flexibility index (Phi) is 5.99. The number of nitrogens with one attached hydrogen (secondary N) is 2. The van der Waals surface area contributed by atoms with Crippen molar-refractivity contribution in [3.8, 4) is 0 Å². The first-order chi connectivity index (χ1) is 12.4. The average Bonchev–Trinajstić information content (AvgIpc) is 2.91. The predicted octanol–water partition coefficient (Wildman–Crippen LogP) is 1.78. The summed E-state index contributed by atoms with van der Waals surface area (Å²) in [6, 6.07) is 0. The normalized spacial score (nSPS) is 19.7. The second kappa shape index (κ2) is 8.06. The van der Waals surface area contributed by atoms with Gasteiger partial charge in [-0.25, -0.2) is 4.79 Å². The topological polar surface area (TPSA) is 69.1 Å². The molecular weight excluding hydrogens is 352 g/mol. The molecule has 0 bridgehead atoms. The number of fused-ring (bicyclic) bond motifs is 1. The number of carbonyl (C=O) groups excluding carboxylic acids is 2. The van der Waals surface area contributed by atoms with Gasteiger partial charge < -0.3 is 19.7 Å². The minimum absolute atomic E-state index is 0.0359. The number of thiophene rings is 1. The third-order valence-corrected chi connectivity index (χ3v) is 6.11. The number of esters is 1. The summed E-state index contributed by atoms with van der Waals surface area (Å²) in [5, 5.41) is 3.59. The summed E-state index contributed by atoms with van der Waals surface area (Å²) < 4.78 is 11.1. The molecule has 0 spiro atoms. The van der Waals surface area contributed by atoms with E-state index in [2.05, 4.69) is 5.32 Å². The lowest BCUT2D eigenvalue weighted by Crippen LogP contribution is -3.13. The van der Waals surface area contributed by atoms with E-state index in [0.717, 1.165) is 23.5 Å². The number of amides is 1. The maximum atomic E-state index is 12.6. The zero-order valence-corrected chi connectivity index (χ0v) is 16.7. The van der Waals surface area contributed by atoms with Crippen molar-refractivity contribution in [2.45, 2.75) is 58.7 Å². The number of hydrogen-bond donors (Lipinski definition) is 2. The third-order valence-electron chi connectivity index (χ3n) is 4.99. The van der Waals surface area contributed by atoms with Crippen LogP contribution in [0.2, 0.25) is 0 Å². The van der Waals surface area contributed by atoms with Crippen molar-refractivity contribution < 1.29 is 24.0 Å². The maximum absolute atomic E-state index is 12.6. The van der Waals surface area contributed by atoms with E-state index in [1.165, 1.54) is 35.5 Å². The van der Waals surface area contributed by atoms with Gasteiger partial charge in [0.25, 0.3) is 5.91 Å². The van der Waals surface area contributed by atoms with Crippen LogP contribution in [0.4, 0.5) is 5.00 Å². The minimum atomic E-state index is -0.358. The molecule has 7 heteroatoms. The quantitative estimate of drug-likeness (QED) is 0.763. The molecule has 144 valence electrons. The highest BCUT2D eigenvalue weighted by Crippen LogP contribution is 2.40. The number of anilines is 1. The van der Waals surface area contributed by atoms with Crippen LogP contribution < -0.4 is 10.2 Å². The van der Waals surface area contributed by atoms with E-state index in [1.54, 1.807) is 6.92 Å². The number of carbonyl (C=O) groups is 2. The Morgan fingerprint density at radius 1 is 1.27 bits per heavy atom. The molecule has 26 heavy (non-hydrogen) atoms. The molecule has 2 aliphatic heterocycles. The molecule has 0 radical (unpaired) electrons. The summed E-state index contributed by atoms with van der Waals surface area (Å²) in [5.41, 5.74) is 1.16. The molecule has 0 aromatic carbocycles. The first-order valence-electron chi connectivity index (χ1n) is 9.48. The number of ether oxygens (including phenoxy) is 2. The van der Waals surface area contributed by atoms with Crippen LogP contribution in [0, 0.1) is 0 Å². The number of quaternary nitrogens is 1. The summed E-state index contributed by atoms with van der Waals surface area (Å²) in [6.07, 6.45) is 4.25. The molecule has 2 N–H and O–H groups in total. The standard InChI is InChI=1S/C19H28N2O4S/c1-4-24-18(23)16-13-10-19(2,3)25-12-14(13)26-17(16)20-15(22)11-21-8-6-5-7-9-21/h4-12H2,1-3H3,(H,20,22)/p+1. The predicted molar refractivity (Wildman–Crippen MR) is 101 cm³/mol. The van der Waals surface area contributed by atoms with E-state index in [4.69, 9.17) is 9.47 Å². The van der Waals surface area contributed by atoms with Gasteiger partial charge in [-0.05, 0) is 45.6 Å². The third kappa shape index (κ3) is 4.45. The lowest BCUT2D eigenvalue weighted by molar-refractivity contribution is -0.896. The Hall–Kier alpha value is -1.44. The molecule has 1 amide bonds.